The number of esters is 1. The monoisotopic (exact) mass is 249 g/mol. The predicted molar refractivity (Wildman–Crippen MR) is 73.5 cm³/mol. The number of rotatable bonds is 8. The molecular formula is C15H23NO2. The molecule has 0 aliphatic rings. The standard InChI is InChI=1S/C15H23NO2/c1-3-4-10-16-14(12-15(17)18-2)11-13-8-6-5-7-9-13/h5-9,14,16H,3-4,10-12H2,1-2H3. The van der Waals surface area contributed by atoms with Crippen molar-refractivity contribution in [2.45, 2.75) is 38.6 Å². The van der Waals surface area contributed by atoms with Gasteiger partial charge in [-0.2, -0.15) is 0 Å². The Morgan fingerprint density at radius 3 is 2.67 bits per heavy atom. The lowest BCUT2D eigenvalue weighted by Crippen LogP contribution is -2.34. The van der Waals surface area contributed by atoms with Gasteiger partial charge in [0, 0.05) is 6.04 Å². The van der Waals surface area contributed by atoms with Gasteiger partial charge in [-0.05, 0) is 24.9 Å². The molecule has 3 nitrogen and oxygen atoms in total. The van der Waals surface area contributed by atoms with E-state index >= 15 is 0 Å². The molecule has 0 spiro atoms. The summed E-state index contributed by atoms with van der Waals surface area (Å²) in [6.45, 7) is 3.11. The largest absolute Gasteiger partial charge is 0.469 e. The molecule has 0 amide bonds. The fraction of sp³-hybridized carbons (Fsp3) is 0.533. The molecule has 1 rings (SSSR count). The van der Waals surface area contributed by atoms with E-state index in [1.807, 2.05) is 18.2 Å². The fourth-order valence-corrected chi connectivity index (χ4v) is 1.88. The van der Waals surface area contributed by atoms with E-state index in [9.17, 15) is 4.79 Å². The lowest BCUT2D eigenvalue weighted by Gasteiger charge is -2.17. The van der Waals surface area contributed by atoms with Crippen molar-refractivity contribution in [2.24, 2.45) is 0 Å². The minimum Gasteiger partial charge on any atom is -0.469 e. The Bertz CT molecular complexity index is 338. The van der Waals surface area contributed by atoms with Crippen molar-refractivity contribution in [3.63, 3.8) is 0 Å². The lowest BCUT2D eigenvalue weighted by molar-refractivity contribution is -0.141. The highest BCUT2D eigenvalue weighted by Crippen LogP contribution is 2.07. The molecule has 0 aliphatic carbocycles. The summed E-state index contributed by atoms with van der Waals surface area (Å²) in [6.07, 6.45) is 3.57. The van der Waals surface area contributed by atoms with Gasteiger partial charge in [0.25, 0.3) is 0 Å². The van der Waals surface area contributed by atoms with Crippen LogP contribution in [0.2, 0.25) is 0 Å². The van der Waals surface area contributed by atoms with Crippen LogP contribution in [0.4, 0.5) is 0 Å². The van der Waals surface area contributed by atoms with E-state index in [-0.39, 0.29) is 12.0 Å². The Kier molecular flexibility index (Phi) is 7.11. The van der Waals surface area contributed by atoms with Gasteiger partial charge in [0.05, 0.1) is 13.5 Å². The molecular weight excluding hydrogens is 226 g/mol. The van der Waals surface area contributed by atoms with E-state index in [2.05, 4.69) is 24.4 Å². The first-order chi connectivity index (χ1) is 8.76. The second-order valence-corrected chi connectivity index (χ2v) is 4.47. The Balaban J connectivity index is 2.50. The second-order valence-electron chi connectivity index (χ2n) is 4.47. The molecule has 3 heteroatoms. The molecule has 0 aliphatic heterocycles. The van der Waals surface area contributed by atoms with Crippen molar-refractivity contribution in [1.82, 2.24) is 5.32 Å². The number of unbranched alkanes of at least 4 members (excludes halogenated alkanes) is 1. The third kappa shape index (κ3) is 5.82. The molecule has 0 saturated heterocycles. The molecule has 1 unspecified atom stereocenters. The van der Waals surface area contributed by atoms with Gasteiger partial charge in [0.1, 0.15) is 0 Å². The van der Waals surface area contributed by atoms with Gasteiger partial charge in [0.15, 0.2) is 0 Å². The summed E-state index contributed by atoms with van der Waals surface area (Å²) in [7, 11) is 1.44. The molecule has 0 aromatic heterocycles. The highest BCUT2D eigenvalue weighted by atomic mass is 16.5. The van der Waals surface area contributed by atoms with E-state index in [1.165, 1.54) is 12.7 Å². The lowest BCUT2D eigenvalue weighted by atomic mass is 10.0. The third-order valence-electron chi connectivity index (χ3n) is 2.93. The number of benzene rings is 1. The van der Waals surface area contributed by atoms with Gasteiger partial charge < -0.3 is 10.1 Å². The zero-order valence-electron chi connectivity index (χ0n) is 11.3. The average Bonchev–Trinajstić information content (AvgIpc) is 2.40. The van der Waals surface area contributed by atoms with Crippen LogP contribution in [0.1, 0.15) is 31.7 Å². The minimum absolute atomic E-state index is 0.153. The molecule has 0 fully saturated rings. The van der Waals surface area contributed by atoms with Crippen LogP contribution in [0.15, 0.2) is 30.3 Å². The van der Waals surface area contributed by atoms with Gasteiger partial charge in [-0.3, -0.25) is 4.79 Å². The third-order valence-corrected chi connectivity index (χ3v) is 2.93. The smallest absolute Gasteiger partial charge is 0.307 e. The number of methoxy groups -OCH3 is 1. The van der Waals surface area contributed by atoms with E-state index in [0.29, 0.717) is 6.42 Å². The minimum atomic E-state index is -0.153. The SMILES string of the molecule is CCCCNC(CC(=O)OC)Cc1ccccc1. The van der Waals surface area contributed by atoms with Crippen LogP contribution in [0, 0.1) is 0 Å². The molecule has 18 heavy (non-hydrogen) atoms. The Hall–Kier alpha value is -1.35. The summed E-state index contributed by atoms with van der Waals surface area (Å²) in [6, 6.07) is 10.4. The predicted octanol–water partition coefficient (Wildman–Crippen LogP) is 2.55. The number of nitrogens with one attached hydrogen (secondary N) is 1. The summed E-state index contributed by atoms with van der Waals surface area (Å²) in [5.74, 6) is -0.153. The molecule has 1 N–H and O–H groups in total. The van der Waals surface area contributed by atoms with Crippen molar-refractivity contribution in [2.75, 3.05) is 13.7 Å². The normalized spacial score (nSPS) is 12.1. The van der Waals surface area contributed by atoms with Gasteiger partial charge in [-0.25, -0.2) is 0 Å². The van der Waals surface area contributed by atoms with Crippen molar-refractivity contribution < 1.29 is 9.53 Å². The first-order valence-electron chi connectivity index (χ1n) is 6.60. The van der Waals surface area contributed by atoms with Gasteiger partial charge >= 0.3 is 5.97 Å². The fourth-order valence-electron chi connectivity index (χ4n) is 1.88. The van der Waals surface area contributed by atoms with E-state index < -0.39 is 0 Å². The maximum atomic E-state index is 11.4. The highest BCUT2D eigenvalue weighted by molar-refractivity contribution is 5.69. The van der Waals surface area contributed by atoms with Crippen LogP contribution in [0.25, 0.3) is 0 Å². The van der Waals surface area contributed by atoms with Crippen molar-refractivity contribution in [3.8, 4) is 0 Å². The van der Waals surface area contributed by atoms with Crippen LogP contribution in [-0.4, -0.2) is 25.7 Å². The van der Waals surface area contributed by atoms with Gasteiger partial charge in [-0.15, -0.1) is 0 Å². The van der Waals surface area contributed by atoms with E-state index in [4.69, 9.17) is 4.74 Å². The molecule has 100 valence electrons. The number of ether oxygens (including phenoxy) is 1. The molecule has 0 radical (unpaired) electrons. The Morgan fingerprint density at radius 1 is 1.33 bits per heavy atom. The van der Waals surface area contributed by atoms with Crippen LogP contribution >= 0.6 is 0 Å². The number of hydrogen-bond donors (Lipinski definition) is 1. The quantitative estimate of drug-likeness (QED) is 0.568. The number of hydrogen-bond acceptors (Lipinski definition) is 3. The van der Waals surface area contributed by atoms with Crippen LogP contribution in [0.5, 0.6) is 0 Å². The Morgan fingerprint density at radius 2 is 2.06 bits per heavy atom. The van der Waals surface area contributed by atoms with Gasteiger partial charge in [-0.1, -0.05) is 43.7 Å². The van der Waals surface area contributed by atoms with E-state index in [0.717, 1.165) is 25.8 Å². The zero-order valence-corrected chi connectivity index (χ0v) is 11.3. The molecule has 0 heterocycles. The number of carbonyl (C=O) groups is 1. The first kappa shape index (κ1) is 14.7. The summed E-state index contributed by atoms with van der Waals surface area (Å²) in [5, 5.41) is 3.43. The maximum Gasteiger partial charge on any atom is 0.307 e. The number of carbonyl (C=O) groups excluding carboxylic acids is 1. The summed E-state index contributed by atoms with van der Waals surface area (Å²) in [5.41, 5.74) is 1.25. The molecule has 0 bridgehead atoms. The maximum absolute atomic E-state index is 11.4. The summed E-state index contributed by atoms with van der Waals surface area (Å²) >= 11 is 0. The topological polar surface area (TPSA) is 38.3 Å². The molecule has 0 saturated carbocycles. The van der Waals surface area contributed by atoms with Crippen molar-refractivity contribution >= 4 is 5.97 Å². The molecule has 1 aromatic carbocycles. The summed E-state index contributed by atoms with van der Waals surface area (Å²) in [4.78, 5) is 11.4. The van der Waals surface area contributed by atoms with E-state index in [1.54, 1.807) is 0 Å². The summed E-state index contributed by atoms with van der Waals surface area (Å²) < 4.78 is 4.75. The van der Waals surface area contributed by atoms with Crippen LogP contribution in [-0.2, 0) is 16.0 Å². The highest BCUT2D eigenvalue weighted by Gasteiger charge is 2.14. The van der Waals surface area contributed by atoms with Crippen LogP contribution < -0.4 is 5.32 Å². The second kappa shape index (κ2) is 8.70. The molecule has 1 aromatic rings. The molecule has 1 atom stereocenters. The van der Waals surface area contributed by atoms with Crippen LogP contribution in [0.3, 0.4) is 0 Å². The first-order valence-corrected chi connectivity index (χ1v) is 6.60. The Labute approximate surface area is 110 Å². The van der Waals surface area contributed by atoms with Crippen molar-refractivity contribution in [3.05, 3.63) is 35.9 Å². The van der Waals surface area contributed by atoms with Crippen molar-refractivity contribution in [1.29, 1.82) is 0 Å². The zero-order chi connectivity index (χ0) is 13.2. The average molecular weight is 249 g/mol. The van der Waals surface area contributed by atoms with Gasteiger partial charge in [0.2, 0.25) is 0 Å².